The third-order valence-electron chi connectivity index (χ3n) is 3.17. The van der Waals surface area contributed by atoms with E-state index >= 15 is 0 Å². The summed E-state index contributed by atoms with van der Waals surface area (Å²) in [7, 11) is 0. The van der Waals surface area contributed by atoms with E-state index in [0.717, 1.165) is 43.7 Å². The Morgan fingerprint density at radius 1 is 1.65 bits per heavy atom. The second-order valence-corrected chi connectivity index (χ2v) is 4.34. The van der Waals surface area contributed by atoms with Crippen LogP contribution in [0.5, 0.6) is 0 Å². The largest absolute Gasteiger partial charge is 0.365 e. The normalized spacial score (nSPS) is 18.9. The molecule has 1 atom stereocenters. The molecule has 17 heavy (non-hydrogen) atoms. The Labute approximate surface area is 102 Å². The molecule has 0 aliphatic carbocycles. The Morgan fingerprint density at radius 2 is 2.53 bits per heavy atom. The van der Waals surface area contributed by atoms with Crippen molar-refractivity contribution < 1.29 is 0 Å². The fraction of sp³-hybridized carbons (Fsp3) is 0.538. The number of nitrogens with zero attached hydrogens (tertiary/aromatic N) is 3. The first-order valence-electron chi connectivity index (χ1n) is 6.18. The summed E-state index contributed by atoms with van der Waals surface area (Å²) < 4.78 is 0. The highest BCUT2D eigenvalue weighted by molar-refractivity contribution is 5.58. The van der Waals surface area contributed by atoms with Gasteiger partial charge in [0.2, 0.25) is 0 Å². The molecule has 0 radical (unpaired) electrons. The fourth-order valence-corrected chi connectivity index (χ4v) is 2.36. The number of pyridine rings is 1. The minimum absolute atomic E-state index is 0.492. The van der Waals surface area contributed by atoms with E-state index in [1.165, 1.54) is 0 Å². The van der Waals surface area contributed by atoms with E-state index in [9.17, 15) is 0 Å². The van der Waals surface area contributed by atoms with Crippen molar-refractivity contribution in [1.82, 2.24) is 10.3 Å². The number of hydrogen-bond acceptors (Lipinski definition) is 4. The number of nitrogens with one attached hydrogen (secondary N) is 1. The molecule has 0 saturated carbocycles. The van der Waals surface area contributed by atoms with E-state index in [1.54, 1.807) is 12.3 Å². The first kappa shape index (κ1) is 11.9. The molecule has 1 aliphatic rings. The third kappa shape index (κ3) is 2.56. The van der Waals surface area contributed by atoms with Gasteiger partial charge in [0.15, 0.2) is 0 Å². The zero-order chi connectivity index (χ0) is 12.1. The predicted molar refractivity (Wildman–Crippen MR) is 67.9 cm³/mol. The van der Waals surface area contributed by atoms with Crippen molar-refractivity contribution in [1.29, 1.82) is 5.26 Å². The molecule has 1 fully saturated rings. The van der Waals surface area contributed by atoms with Crippen molar-refractivity contribution in [2.75, 3.05) is 24.5 Å². The molecular weight excluding hydrogens is 212 g/mol. The zero-order valence-electron chi connectivity index (χ0n) is 10.2. The van der Waals surface area contributed by atoms with Crippen LogP contribution in [0.4, 0.5) is 5.69 Å². The molecule has 0 spiro atoms. The molecule has 1 N–H and O–H groups in total. The van der Waals surface area contributed by atoms with Crippen molar-refractivity contribution >= 4 is 5.69 Å². The van der Waals surface area contributed by atoms with Crippen LogP contribution in [0.2, 0.25) is 0 Å². The third-order valence-corrected chi connectivity index (χ3v) is 3.17. The van der Waals surface area contributed by atoms with Gasteiger partial charge >= 0.3 is 0 Å². The zero-order valence-corrected chi connectivity index (χ0v) is 10.2. The lowest BCUT2D eigenvalue weighted by molar-refractivity contribution is 0.624. The summed E-state index contributed by atoms with van der Waals surface area (Å²) in [5.74, 6) is 0. The maximum absolute atomic E-state index is 9.16. The molecule has 0 bridgehead atoms. The number of nitriles is 1. The van der Waals surface area contributed by atoms with Crippen LogP contribution in [0.15, 0.2) is 18.5 Å². The molecule has 1 aromatic rings. The summed E-state index contributed by atoms with van der Waals surface area (Å²) in [6.45, 7) is 5.21. The van der Waals surface area contributed by atoms with Gasteiger partial charge in [-0.2, -0.15) is 5.26 Å². The second-order valence-electron chi connectivity index (χ2n) is 4.34. The van der Waals surface area contributed by atoms with E-state index in [-0.39, 0.29) is 0 Å². The maximum atomic E-state index is 9.16. The van der Waals surface area contributed by atoms with Crippen LogP contribution in [-0.2, 0) is 0 Å². The Kier molecular flexibility index (Phi) is 3.94. The highest BCUT2D eigenvalue weighted by Gasteiger charge is 2.23. The average Bonchev–Trinajstić information content (AvgIpc) is 2.89. The van der Waals surface area contributed by atoms with Crippen molar-refractivity contribution in [3.05, 3.63) is 24.0 Å². The van der Waals surface area contributed by atoms with Crippen LogP contribution < -0.4 is 10.2 Å². The van der Waals surface area contributed by atoms with Crippen LogP contribution >= 0.6 is 0 Å². The summed E-state index contributed by atoms with van der Waals surface area (Å²) in [5, 5.41) is 12.5. The fourth-order valence-electron chi connectivity index (χ4n) is 2.36. The van der Waals surface area contributed by atoms with Crippen molar-refractivity contribution in [2.45, 2.75) is 25.8 Å². The van der Waals surface area contributed by atoms with Gasteiger partial charge < -0.3 is 10.2 Å². The Balaban J connectivity index is 2.28. The van der Waals surface area contributed by atoms with Crippen molar-refractivity contribution in [3.63, 3.8) is 0 Å². The topological polar surface area (TPSA) is 52.0 Å². The van der Waals surface area contributed by atoms with Gasteiger partial charge in [-0.15, -0.1) is 0 Å². The lowest BCUT2D eigenvalue weighted by Gasteiger charge is -2.30. The van der Waals surface area contributed by atoms with Crippen LogP contribution in [0.1, 0.15) is 25.3 Å². The van der Waals surface area contributed by atoms with Gasteiger partial charge in [0.05, 0.1) is 17.4 Å². The molecule has 0 amide bonds. The van der Waals surface area contributed by atoms with E-state index in [0.29, 0.717) is 6.04 Å². The standard InChI is InChI=1S/C13H18N4/c1-2-7-17(12-4-6-15-9-12)13-10-16-5-3-11(13)8-14/h3,5,10,12,15H,2,4,6-7,9H2,1H3. The predicted octanol–water partition coefficient (Wildman–Crippen LogP) is 1.53. The number of anilines is 1. The molecule has 90 valence electrons. The molecule has 2 rings (SSSR count). The minimum Gasteiger partial charge on any atom is -0.365 e. The molecule has 1 unspecified atom stereocenters. The molecule has 1 saturated heterocycles. The summed E-state index contributed by atoms with van der Waals surface area (Å²) in [6, 6.07) is 4.54. The highest BCUT2D eigenvalue weighted by Crippen LogP contribution is 2.23. The van der Waals surface area contributed by atoms with Crippen LogP contribution in [0, 0.1) is 11.3 Å². The average molecular weight is 230 g/mol. The van der Waals surface area contributed by atoms with E-state index in [2.05, 4.69) is 28.2 Å². The minimum atomic E-state index is 0.492. The summed E-state index contributed by atoms with van der Waals surface area (Å²) in [5.41, 5.74) is 1.70. The molecule has 4 heteroatoms. The first-order chi connectivity index (χ1) is 8.36. The van der Waals surface area contributed by atoms with Gasteiger partial charge in [-0.1, -0.05) is 6.92 Å². The first-order valence-corrected chi connectivity index (χ1v) is 6.18. The Hall–Kier alpha value is -1.60. The highest BCUT2D eigenvalue weighted by atomic mass is 15.2. The molecule has 0 aromatic carbocycles. The second kappa shape index (κ2) is 5.65. The van der Waals surface area contributed by atoms with Crippen molar-refractivity contribution in [3.8, 4) is 6.07 Å². The summed E-state index contributed by atoms with van der Waals surface area (Å²) >= 11 is 0. The maximum Gasteiger partial charge on any atom is 0.101 e. The number of rotatable bonds is 4. The lowest BCUT2D eigenvalue weighted by Crippen LogP contribution is -2.38. The molecule has 1 aliphatic heterocycles. The smallest absolute Gasteiger partial charge is 0.101 e. The Bertz CT molecular complexity index is 404. The monoisotopic (exact) mass is 230 g/mol. The van der Waals surface area contributed by atoms with Crippen LogP contribution in [0.25, 0.3) is 0 Å². The van der Waals surface area contributed by atoms with Gasteiger partial charge in [0.1, 0.15) is 6.07 Å². The van der Waals surface area contributed by atoms with Crippen LogP contribution in [0.3, 0.4) is 0 Å². The van der Waals surface area contributed by atoms with Gasteiger partial charge in [-0.25, -0.2) is 0 Å². The van der Waals surface area contributed by atoms with Crippen LogP contribution in [-0.4, -0.2) is 30.7 Å². The van der Waals surface area contributed by atoms with Gasteiger partial charge in [-0.3, -0.25) is 4.98 Å². The Morgan fingerprint density at radius 3 is 3.18 bits per heavy atom. The van der Waals surface area contributed by atoms with E-state index in [4.69, 9.17) is 5.26 Å². The molecule has 2 heterocycles. The quantitative estimate of drug-likeness (QED) is 0.852. The summed E-state index contributed by atoms with van der Waals surface area (Å²) in [4.78, 5) is 6.48. The number of hydrogen-bond donors (Lipinski definition) is 1. The van der Waals surface area contributed by atoms with Crippen molar-refractivity contribution in [2.24, 2.45) is 0 Å². The van der Waals surface area contributed by atoms with E-state index in [1.807, 2.05) is 6.20 Å². The van der Waals surface area contributed by atoms with E-state index < -0.39 is 0 Å². The van der Waals surface area contributed by atoms with Gasteiger partial charge in [-0.05, 0) is 25.5 Å². The van der Waals surface area contributed by atoms with Gasteiger partial charge in [0.25, 0.3) is 0 Å². The van der Waals surface area contributed by atoms with Gasteiger partial charge in [0, 0.05) is 25.3 Å². The molecular formula is C13H18N4. The SMILES string of the molecule is CCCN(c1cnccc1C#N)C1CCNC1. The molecule has 4 nitrogen and oxygen atoms in total. The molecule has 1 aromatic heterocycles. The summed E-state index contributed by atoms with van der Waals surface area (Å²) in [6.07, 6.45) is 5.71. The number of aromatic nitrogens is 1. The lowest BCUT2D eigenvalue weighted by atomic mass is 10.1.